The number of sulfonamides is 1. The molecule has 2 atom stereocenters. The second-order valence-electron chi connectivity index (χ2n) is 8.14. The lowest BCUT2D eigenvalue weighted by Crippen LogP contribution is -2.48. The maximum absolute atomic E-state index is 12.9. The Morgan fingerprint density at radius 2 is 1.64 bits per heavy atom. The van der Waals surface area contributed by atoms with E-state index in [1.165, 1.54) is 4.31 Å². The summed E-state index contributed by atoms with van der Waals surface area (Å²) in [5.74, 6) is 0.407. The summed E-state index contributed by atoms with van der Waals surface area (Å²) in [6.45, 7) is 13.5. The van der Waals surface area contributed by atoms with Gasteiger partial charge in [-0.15, -0.1) is 0 Å². The van der Waals surface area contributed by atoms with Gasteiger partial charge in [-0.25, -0.2) is 8.42 Å². The van der Waals surface area contributed by atoms with E-state index in [1.54, 1.807) is 19.2 Å². The quantitative estimate of drug-likeness (QED) is 0.738. The van der Waals surface area contributed by atoms with Crippen molar-refractivity contribution in [1.29, 1.82) is 0 Å². The van der Waals surface area contributed by atoms with Crippen LogP contribution in [-0.2, 0) is 15.4 Å². The molecule has 0 fully saturated rings. The highest BCUT2D eigenvalue weighted by atomic mass is 32.2. The van der Waals surface area contributed by atoms with Crippen molar-refractivity contribution in [3.8, 4) is 0 Å². The number of nitrogens with one attached hydrogen (secondary N) is 1. The summed E-state index contributed by atoms with van der Waals surface area (Å²) in [6.07, 6.45) is 0. The Labute approximate surface area is 154 Å². The molecule has 0 heterocycles. The van der Waals surface area contributed by atoms with Gasteiger partial charge in [0.25, 0.3) is 0 Å². The van der Waals surface area contributed by atoms with Crippen LogP contribution in [0.15, 0.2) is 29.2 Å². The number of likely N-dealkylation sites (N-methyl/N-ethyl adjacent to an activating group) is 1. The molecule has 1 aromatic carbocycles. The Kier molecular flexibility index (Phi) is 7.62. The molecule has 0 saturated carbocycles. The molecule has 0 aliphatic rings. The second kappa shape index (κ2) is 8.62. The number of rotatable bonds is 8. The van der Waals surface area contributed by atoms with Crippen LogP contribution in [0.1, 0.15) is 47.1 Å². The van der Waals surface area contributed by atoms with Gasteiger partial charge in [0.05, 0.1) is 4.90 Å². The summed E-state index contributed by atoms with van der Waals surface area (Å²) in [4.78, 5) is 0.328. The van der Waals surface area contributed by atoms with Gasteiger partial charge in [-0.3, -0.25) is 0 Å². The maximum atomic E-state index is 12.9. The summed E-state index contributed by atoms with van der Waals surface area (Å²) in [5, 5.41) is 3.37. The van der Waals surface area contributed by atoms with Crippen LogP contribution in [0.5, 0.6) is 0 Å². The van der Waals surface area contributed by atoms with E-state index in [0.29, 0.717) is 23.9 Å². The fraction of sp³-hybridized carbons (Fsp3) is 0.684. The molecule has 0 unspecified atom stereocenters. The van der Waals surface area contributed by atoms with E-state index in [-0.39, 0.29) is 17.5 Å². The van der Waals surface area contributed by atoms with Gasteiger partial charge in [0.1, 0.15) is 0 Å². The molecule has 0 aliphatic carbocycles. The number of hydrogen-bond acceptors (Lipinski definition) is 4. The van der Waals surface area contributed by atoms with Crippen molar-refractivity contribution < 1.29 is 8.42 Å². The Hall–Kier alpha value is -0.950. The lowest BCUT2D eigenvalue weighted by Gasteiger charge is -2.28. The number of nitrogens with zero attached hydrogens (tertiary/aromatic N) is 1. The maximum Gasteiger partial charge on any atom is 0.243 e. The van der Waals surface area contributed by atoms with E-state index in [1.807, 2.05) is 19.1 Å². The lowest BCUT2D eigenvalue weighted by molar-refractivity contribution is 0.331. The average molecular weight is 370 g/mol. The molecule has 25 heavy (non-hydrogen) atoms. The molecule has 0 saturated heterocycles. The van der Waals surface area contributed by atoms with Crippen molar-refractivity contribution >= 4 is 10.0 Å². The Morgan fingerprint density at radius 1 is 1.12 bits per heavy atom. The zero-order valence-electron chi connectivity index (χ0n) is 16.7. The molecule has 0 aromatic heterocycles. The van der Waals surface area contributed by atoms with Crippen molar-refractivity contribution in [2.24, 2.45) is 11.7 Å². The highest BCUT2D eigenvalue weighted by Gasteiger charge is 2.26. The van der Waals surface area contributed by atoms with Crippen molar-refractivity contribution in [3.63, 3.8) is 0 Å². The molecule has 1 rings (SSSR count). The number of benzene rings is 1. The van der Waals surface area contributed by atoms with Gasteiger partial charge in [0.2, 0.25) is 10.0 Å². The molecular formula is C19H35N3O2S. The lowest BCUT2D eigenvalue weighted by atomic mass is 9.87. The van der Waals surface area contributed by atoms with E-state index < -0.39 is 10.0 Å². The monoisotopic (exact) mass is 369 g/mol. The third-order valence-electron chi connectivity index (χ3n) is 4.75. The fourth-order valence-electron chi connectivity index (χ4n) is 2.57. The van der Waals surface area contributed by atoms with Gasteiger partial charge in [-0.1, -0.05) is 46.8 Å². The first-order valence-electron chi connectivity index (χ1n) is 8.93. The minimum absolute atomic E-state index is 0.000509. The Morgan fingerprint density at radius 3 is 2.04 bits per heavy atom. The van der Waals surface area contributed by atoms with Crippen LogP contribution in [0.2, 0.25) is 0 Å². The smallest absolute Gasteiger partial charge is 0.243 e. The molecule has 3 N–H and O–H groups in total. The van der Waals surface area contributed by atoms with Gasteiger partial charge in [-0.05, 0) is 36.0 Å². The number of hydrogen-bond donors (Lipinski definition) is 2. The van der Waals surface area contributed by atoms with Gasteiger partial charge < -0.3 is 11.1 Å². The standard InChI is InChI=1S/C19H35N3O2S/c1-14(2)18(12-20)21-13-15(3)22(7)25(23,24)17-10-8-16(9-11-17)19(4,5)6/h8-11,14-15,18,21H,12-13,20H2,1-7H3/t15-,18-/m0/s1. The van der Waals surface area contributed by atoms with E-state index in [2.05, 4.69) is 39.9 Å². The van der Waals surface area contributed by atoms with Crippen molar-refractivity contribution in [3.05, 3.63) is 29.8 Å². The van der Waals surface area contributed by atoms with Gasteiger partial charge >= 0.3 is 0 Å². The van der Waals surface area contributed by atoms with Crippen LogP contribution in [0.4, 0.5) is 0 Å². The molecular weight excluding hydrogens is 334 g/mol. The molecule has 0 amide bonds. The Bertz CT molecular complexity index is 634. The Balaban J connectivity index is 2.86. The van der Waals surface area contributed by atoms with Gasteiger partial charge in [-0.2, -0.15) is 4.31 Å². The van der Waals surface area contributed by atoms with Crippen molar-refractivity contribution in [1.82, 2.24) is 9.62 Å². The SMILES string of the molecule is CC(C)[C@H](CN)NC[C@H](C)N(C)S(=O)(=O)c1ccc(C(C)(C)C)cc1. The summed E-state index contributed by atoms with van der Waals surface area (Å²) < 4.78 is 27.1. The zero-order chi connectivity index (χ0) is 19.4. The molecule has 144 valence electrons. The first kappa shape index (κ1) is 22.1. The van der Waals surface area contributed by atoms with Crippen molar-refractivity contribution in [2.75, 3.05) is 20.1 Å². The first-order valence-corrected chi connectivity index (χ1v) is 10.4. The molecule has 6 heteroatoms. The van der Waals surface area contributed by atoms with Crippen LogP contribution < -0.4 is 11.1 Å². The topological polar surface area (TPSA) is 75.4 Å². The summed E-state index contributed by atoms with van der Waals surface area (Å²) in [6, 6.07) is 7.21. The highest BCUT2D eigenvalue weighted by molar-refractivity contribution is 7.89. The van der Waals surface area contributed by atoms with Crippen LogP contribution in [0.25, 0.3) is 0 Å². The van der Waals surface area contributed by atoms with E-state index in [9.17, 15) is 8.42 Å². The van der Waals surface area contributed by atoms with E-state index in [4.69, 9.17) is 5.73 Å². The molecule has 1 aromatic rings. The van der Waals surface area contributed by atoms with Gasteiger partial charge in [0, 0.05) is 32.2 Å². The van der Waals surface area contributed by atoms with Gasteiger partial charge in [0.15, 0.2) is 0 Å². The predicted molar refractivity (Wildman–Crippen MR) is 105 cm³/mol. The van der Waals surface area contributed by atoms with Crippen LogP contribution in [-0.4, -0.2) is 44.9 Å². The average Bonchev–Trinajstić information content (AvgIpc) is 2.53. The first-order chi connectivity index (χ1) is 11.4. The van der Waals surface area contributed by atoms with Crippen LogP contribution in [0.3, 0.4) is 0 Å². The third kappa shape index (κ3) is 5.78. The van der Waals surface area contributed by atoms with Crippen LogP contribution >= 0.6 is 0 Å². The molecule has 0 radical (unpaired) electrons. The second-order valence-corrected chi connectivity index (χ2v) is 10.1. The van der Waals surface area contributed by atoms with E-state index in [0.717, 1.165) is 5.56 Å². The summed E-state index contributed by atoms with van der Waals surface area (Å²) in [7, 11) is -1.88. The minimum atomic E-state index is -3.51. The normalized spacial score (nSPS) is 15.6. The molecule has 5 nitrogen and oxygen atoms in total. The summed E-state index contributed by atoms with van der Waals surface area (Å²) >= 11 is 0. The highest BCUT2D eigenvalue weighted by Crippen LogP contribution is 2.24. The minimum Gasteiger partial charge on any atom is -0.329 e. The predicted octanol–water partition coefficient (Wildman–Crippen LogP) is 2.57. The number of nitrogens with two attached hydrogens (primary N) is 1. The zero-order valence-corrected chi connectivity index (χ0v) is 17.5. The van der Waals surface area contributed by atoms with E-state index >= 15 is 0 Å². The molecule has 0 spiro atoms. The molecule has 0 bridgehead atoms. The summed E-state index contributed by atoms with van der Waals surface area (Å²) in [5.41, 5.74) is 6.88. The largest absolute Gasteiger partial charge is 0.329 e. The molecule has 0 aliphatic heterocycles. The van der Waals surface area contributed by atoms with Crippen LogP contribution in [0, 0.1) is 5.92 Å². The van der Waals surface area contributed by atoms with Crippen molar-refractivity contribution in [2.45, 2.75) is 63.9 Å². The third-order valence-corrected chi connectivity index (χ3v) is 6.74. The fourth-order valence-corrected chi connectivity index (χ4v) is 3.93.